The van der Waals surface area contributed by atoms with E-state index in [4.69, 9.17) is 4.52 Å². The van der Waals surface area contributed by atoms with Crippen molar-refractivity contribution in [3.05, 3.63) is 58.7 Å². The monoisotopic (exact) mass is 371 g/mol. The zero-order valence-corrected chi connectivity index (χ0v) is 14.8. The van der Waals surface area contributed by atoms with Crippen LogP contribution in [0.1, 0.15) is 16.2 Å². The maximum absolute atomic E-state index is 12.5. The average molecular weight is 371 g/mol. The van der Waals surface area contributed by atoms with Crippen LogP contribution in [0.25, 0.3) is 10.7 Å². The molecule has 9 heteroatoms. The molecule has 4 heterocycles. The molecule has 1 fully saturated rings. The van der Waals surface area contributed by atoms with Gasteiger partial charge in [0, 0.05) is 38.3 Å². The summed E-state index contributed by atoms with van der Waals surface area (Å²) in [6, 6.07) is 7.01. The molecule has 3 aromatic heterocycles. The summed E-state index contributed by atoms with van der Waals surface area (Å²) in [5.41, 5.74) is 0.531. The summed E-state index contributed by atoms with van der Waals surface area (Å²) in [6.45, 7) is 3.28. The molecule has 134 valence electrons. The molecule has 0 unspecified atom stereocenters. The first-order chi connectivity index (χ1) is 12.7. The Morgan fingerprint density at radius 3 is 2.69 bits per heavy atom. The maximum Gasteiger partial charge on any atom is 0.254 e. The number of amides is 1. The number of piperazine rings is 1. The van der Waals surface area contributed by atoms with Gasteiger partial charge >= 0.3 is 0 Å². The fourth-order valence-electron chi connectivity index (χ4n) is 2.86. The Bertz CT molecular complexity index is 870. The van der Waals surface area contributed by atoms with E-state index in [1.165, 1.54) is 12.4 Å². The molecule has 0 saturated carbocycles. The second-order valence-electron chi connectivity index (χ2n) is 6.00. The predicted molar refractivity (Wildman–Crippen MR) is 94.2 cm³/mol. The van der Waals surface area contributed by atoms with E-state index in [0.29, 0.717) is 41.6 Å². The molecular weight excluding hydrogens is 354 g/mol. The van der Waals surface area contributed by atoms with Crippen LogP contribution in [0.3, 0.4) is 0 Å². The van der Waals surface area contributed by atoms with Crippen molar-refractivity contribution in [1.82, 2.24) is 19.9 Å². The molecule has 0 bridgehead atoms. The van der Waals surface area contributed by atoms with Gasteiger partial charge in [-0.25, -0.2) is 0 Å². The molecule has 1 saturated heterocycles. The number of carbonyl (C=O) groups excluding carboxylic acids is 1. The van der Waals surface area contributed by atoms with Crippen LogP contribution in [-0.2, 0) is 6.54 Å². The summed E-state index contributed by atoms with van der Waals surface area (Å²) in [4.78, 5) is 21.9. The van der Waals surface area contributed by atoms with Crippen molar-refractivity contribution in [2.75, 3.05) is 26.2 Å². The Morgan fingerprint density at radius 1 is 1.23 bits per heavy atom. The first-order valence-corrected chi connectivity index (χ1v) is 9.14. The molecule has 0 spiro atoms. The van der Waals surface area contributed by atoms with Gasteiger partial charge in [0.2, 0.25) is 11.7 Å². The molecule has 0 radical (unpaired) electrons. The number of nitrogens with zero attached hydrogens (tertiary/aromatic N) is 5. The van der Waals surface area contributed by atoms with Gasteiger partial charge in [-0.1, -0.05) is 11.2 Å². The van der Waals surface area contributed by atoms with Crippen LogP contribution in [0.2, 0.25) is 0 Å². The smallest absolute Gasteiger partial charge is 0.254 e. The molecule has 0 atom stereocenters. The molecule has 3 aromatic rings. The molecule has 0 N–H and O–H groups in total. The van der Waals surface area contributed by atoms with Crippen LogP contribution in [-0.4, -0.2) is 52.0 Å². The maximum atomic E-state index is 12.5. The van der Waals surface area contributed by atoms with Gasteiger partial charge in [0.05, 0.1) is 17.0 Å². The fraction of sp³-hybridized carbons (Fsp3) is 0.294. The van der Waals surface area contributed by atoms with Crippen LogP contribution in [0.4, 0.5) is 0 Å². The lowest BCUT2D eigenvalue weighted by atomic mass is 10.2. The molecule has 26 heavy (non-hydrogen) atoms. The highest BCUT2D eigenvalue weighted by Gasteiger charge is 2.24. The minimum atomic E-state index is -0.0528. The number of aromatic nitrogens is 3. The Labute approximate surface area is 153 Å². The van der Waals surface area contributed by atoms with Crippen LogP contribution in [0.5, 0.6) is 0 Å². The van der Waals surface area contributed by atoms with E-state index in [1.807, 2.05) is 17.5 Å². The van der Waals surface area contributed by atoms with Crippen molar-refractivity contribution in [1.29, 1.82) is 0 Å². The summed E-state index contributed by atoms with van der Waals surface area (Å²) in [5, 5.41) is 17.1. The Hall–Kier alpha value is -2.78. The number of pyridine rings is 1. The lowest BCUT2D eigenvalue weighted by Gasteiger charge is -2.33. The summed E-state index contributed by atoms with van der Waals surface area (Å²) < 4.78 is 6.01. The molecule has 0 aromatic carbocycles. The largest absolute Gasteiger partial charge is 0.619 e. The third kappa shape index (κ3) is 3.58. The number of hydrogen-bond donors (Lipinski definition) is 0. The third-order valence-corrected chi connectivity index (χ3v) is 5.14. The highest BCUT2D eigenvalue weighted by atomic mass is 32.1. The molecular formula is C17H17N5O3S. The van der Waals surface area contributed by atoms with E-state index in [-0.39, 0.29) is 5.91 Å². The first kappa shape index (κ1) is 16.7. The predicted octanol–water partition coefficient (Wildman–Crippen LogP) is 1.39. The van der Waals surface area contributed by atoms with Crippen molar-refractivity contribution in [3.8, 4) is 10.7 Å². The number of rotatable bonds is 4. The second kappa shape index (κ2) is 7.22. The highest BCUT2D eigenvalue weighted by Crippen LogP contribution is 2.21. The third-order valence-electron chi connectivity index (χ3n) is 4.28. The van der Waals surface area contributed by atoms with E-state index in [0.717, 1.165) is 18.0 Å². The van der Waals surface area contributed by atoms with Gasteiger partial charge in [0.15, 0.2) is 12.4 Å². The Balaban J connectivity index is 1.32. The minimum absolute atomic E-state index is 0.0528. The zero-order valence-electron chi connectivity index (χ0n) is 13.9. The summed E-state index contributed by atoms with van der Waals surface area (Å²) >= 11 is 1.57. The summed E-state index contributed by atoms with van der Waals surface area (Å²) in [6.07, 6.45) is 2.68. The standard InChI is InChI=1S/C17H17N5O3S/c23-17(13-3-5-22(24)6-4-13)21-9-7-20(8-10-21)12-15-18-16(19-25-15)14-2-1-11-26-14/h1-6,11H,7-10,12H2. The Morgan fingerprint density at radius 2 is 2.00 bits per heavy atom. The normalized spacial score (nSPS) is 15.3. The molecule has 1 amide bonds. The van der Waals surface area contributed by atoms with Crippen molar-refractivity contribution in [2.45, 2.75) is 6.54 Å². The van der Waals surface area contributed by atoms with Crippen molar-refractivity contribution < 1.29 is 14.0 Å². The van der Waals surface area contributed by atoms with Crippen molar-refractivity contribution >= 4 is 17.2 Å². The molecule has 1 aliphatic heterocycles. The number of hydrogen-bond acceptors (Lipinski definition) is 7. The van der Waals surface area contributed by atoms with Crippen molar-refractivity contribution in [3.63, 3.8) is 0 Å². The van der Waals surface area contributed by atoms with Gasteiger partial charge in [0.25, 0.3) is 5.91 Å². The van der Waals surface area contributed by atoms with E-state index < -0.39 is 0 Å². The number of thiophene rings is 1. The van der Waals surface area contributed by atoms with Crippen LogP contribution >= 0.6 is 11.3 Å². The van der Waals surface area contributed by atoms with Gasteiger partial charge in [-0.05, 0) is 11.4 Å². The van der Waals surface area contributed by atoms with E-state index in [2.05, 4.69) is 15.0 Å². The first-order valence-electron chi connectivity index (χ1n) is 8.26. The number of carbonyl (C=O) groups is 1. The topological polar surface area (TPSA) is 89.4 Å². The minimum Gasteiger partial charge on any atom is -0.619 e. The SMILES string of the molecule is O=C(c1cc[n+]([O-])cc1)N1CCN(Cc2nc(-c3cccs3)no2)CC1. The average Bonchev–Trinajstić information content (AvgIpc) is 3.34. The molecule has 0 aliphatic carbocycles. The van der Waals surface area contributed by atoms with Gasteiger partial charge in [0.1, 0.15) is 0 Å². The Kier molecular flexibility index (Phi) is 4.63. The molecule has 1 aliphatic rings. The highest BCUT2D eigenvalue weighted by molar-refractivity contribution is 7.13. The molecule has 4 rings (SSSR count). The summed E-state index contributed by atoms with van der Waals surface area (Å²) in [7, 11) is 0. The van der Waals surface area contributed by atoms with E-state index in [1.54, 1.807) is 28.4 Å². The fourth-order valence-corrected chi connectivity index (χ4v) is 3.51. The zero-order chi connectivity index (χ0) is 17.9. The van der Waals surface area contributed by atoms with Gasteiger partial charge in [-0.2, -0.15) is 9.71 Å². The van der Waals surface area contributed by atoms with Gasteiger partial charge in [-0.15, -0.1) is 11.3 Å². The van der Waals surface area contributed by atoms with Gasteiger partial charge < -0.3 is 14.6 Å². The lowest BCUT2D eigenvalue weighted by Crippen LogP contribution is -2.48. The quantitative estimate of drug-likeness (QED) is 0.509. The van der Waals surface area contributed by atoms with E-state index >= 15 is 0 Å². The lowest BCUT2D eigenvalue weighted by molar-refractivity contribution is -0.605. The van der Waals surface area contributed by atoms with E-state index in [9.17, 15) is 10.0 Å². The summed E-state index contributed by atoms with van der Waals surface area (Å²) in [5.74, 6) is 1.14. The van der Waals surface area contributed by atoms with Crippen molar-refractivity contribution in [2.24, 2.45) is 0 Å². The van der Waals surface area contributed by atoms with Crippen LogP contribution in [0.15, 0.2) is 46.6 Å². The second-order valence-corrected chi connectivity index (χ2v) is 6.95. The molecule has 8 nitrogen and oxygen atoms in total. The van der Waals surface area contributed by atoms with Gasteiger partial charge in [-0.3, -0.25) is 9.69 Å². The van der Waals surface area contributed by atoms with Crippen LogP contribution < -0.4 is 4.73 Å². The van der Waals surface area contributed by atoms with Crippen LogP contribution in [0, 0.1) is 5.21 Å².